The second kappa shape index (κ2) is 10.5. The number of hydrogen-bond donors (Lipinski definition) is 0. The first-order valence-corrected chi connectivity index (χ1v) is 6.94. The molecule has 0 aliphatic heterocycles. The van der Waals surface area contributed by atoms with E-state index >= 15 is 0 Å². The van der Waals surface area contributed by atoms with Crippen LogP contribution in [0, 0.1) is 0 Å². The van der Waals surface area contributed by atoms with Crippen LogP contribution < -0.4 is 0 Å². The van der Waals surface area contributed by atoms with Gasteiger partial charge >= 0.3 is 5.97 Å². The van der Waals surface area contributed by atoms with Crippen LogP contribution in [0.2, 0.25) is 0 Å². The van der Waals surface area contributed by atoms with Crippen molar-refractivity contribution in [3.05, 3.63) is 0 Å². The van der Waals surface area contributed by atoms with E-state index in [4.69, 9.17) is 4.74 Å². The van der Waals surface area contributed by atoms with E-state index in [1.54, 1.807) is 0 Å². The van der Waals surface area contributed by atoms with Gasteiger partial charge in [0.2, 0.25) is 0 Å². The Morgan fingerprint density at radius 2 is 1.73 bits per heavy atom. The number of hydrogen-bond acceptors (Lipinski definition) is 2. The van der Waals surface area contributed by atoms with Crippen molar-refractivity contribution in [2.24, 2.45) is 0 Å². The van der Waals surface area contributed by atoms with Gasteiger partial charge in [0, 0.05) is 0 Å². The molecule has 0 bridgehead atoms. The topological polar surface area (TPSA) is 26.3 Å². The average Bonchev–Trinajstić information content (AvgIpc) is 2.23. The Balaban J connectivity index is 3.30. The Morgan fingerprint density at radius 1 is 1.13 bits per heavy atom. The van der Waals surface area contributed by atoms with Gasteiger partial charge in [-0.15, -0.1) is 0 Å². The molecule has 0 N–H and O–H groups in total. The van der Waals surface area contributed by atoms with E-state index < -0.39 is 0 Å². The fourth-order valence-electron chi connectivity index (χ4n) is 1.45. The first-order valence-electron chi connectivity index (χ1n) is 6.03. The van der Waals surface area contributed by atoms with E-state index in [-0.39, 0.29) is 10.8 Å². The van der Waals surface area contributed by atoms with Gasteiger partial charge in [0.05, 0.1) is 6.61 Å². The summed E-state index contributed by atoms with van der Waals surface area (Å²) in [6.07, 6.45) is 8.45. The van der Waals surface area contributed by atoms with Gasteiger partial charge in [0.15, 0.2) is 0 Å². The van der Waals surface area contributed by atoms with Gasteiger partial charge in [0.25, 0.3) is 0 Å². The summed E-state index contributed by atoms with van der Waals surface area (Å²) < 4.78 is 4.91. The minimum absolute atomic E-state index is 0.108. The third-order valence-corrected chi connectivity index (χ3v) is 3.19. The van der Waals surface area contributed by atoms with Crippen LogP contribution in [0.5, 0.6) is 0 Å². The molecule has 0 spiro atoms. The lowest BCUT2D eigenvalue weighted by molar-refractivity contribution is -0.142. The van der Waals surface area contributed by atoms with Crippen LogP contribution in [0.15, 0.2) is 0 Å². The van der Waals surface area contributed by atoms with Crippen molar-refractivity contribution in [3.63, 3.8) is 0 Å². The SMILES string of the molecule is CCCCCCCC[C@H](Br)C(=O)OCC. The lowest BCUT2D eigenvalue weighted by atomic mass is 10.1. The van der Waals surface area contributed by atoms with Crippen molar-refractivity contribution in [1.29, 1.82) is 0 Å². The van der Waals surface area contributed by atoms with Gasteiger partial charge in [-0.05, 0) is 13.3 Å². The van der Waals surface area contributed by atoms with E-state index in [0.29, 0.717) is 6.61 Å². The van der Waals surface area contributed by atoms with Crippen LogP contribution in [-0.2, 0) is 9.53 Å². The van der Waals surface area contributed by atoms with Crippen LogP contribution >= 0.6 is 15.9 Å². The molecule has 0 aromatic carbocycles. The number of carbonyl (C=O) groups excluding carboxylic acids is 1. The lowest BCUT2D eigenvalue weighted by Crippen LogP contribution is -2.17. The van der Waals surface area contributed by atoms with Gasteiger partial charge in [-0.25, -0.2) is 0 Å². The smallest absolute Gasteiger partial charge is 0.319 e. The lowest BCUT2D eigenvalue weighted by Gasteiger charge is -2.08. The highest BCUT2D eigenvalue weighted by molar-refractivity contribution is 9.10. The molecule has 0 saturated heterocycles. The number of rotatable bonds is 9. The maximum absolute atomic E-state index is 11.2. The molecule has 0 heterocycles. The molecule has 0 amide bonds. The Morgan fingerprint density at radius 3 is 2.33 bits per heavy atom. The summed E-state index contributed by atoms with van der Waals surface area (Å²) in [7, 11) is 0. The maximum Gasteiger partial charge on any atom is 0.319 e. The molecular weight excluding hydrogens is 256 g/mol. The molecule has 1 atom stereocenters. The van der Waals surface area contributed by atoms with Crippen LogP contribution in [0.25, 0.3) is 0 Å². The second-order valence-corrected chi connectivity index (χ2v) is 4.88. The summed E-state index contributed by atoms with van der Waals surface area (Å²) in [6, 6.07) is 0. The summed E-state index contributed by atoms with van der Waals surface area (Å²) in [5, 5.41) is 0. The molecule has 0 radical (unpaired) electrons. The summed E-state index contributed by atoms with van der Waals surface area (Å²) in [6.45, 7) is 4.52. The van der Waals surface area contributed by atoms with Crippen LogP contribution in [0.4, 0.5) is 0 Å². The van der Waals surface area contributed by atoms with E-state index in [0.717, 1.165) is 12.8 Å². The zero-order valence-electron chi connectivity index (χ0n) is 9.93. The van der Waals surface area contributed by atoms with Crippen molar-refractivity contribution in [2.75, 3.05) is 6.61 Å². The molecule has 0 saturated carbocycles. The van der Waals surface area contributed by atoms with Crippen LogP contribution in [-0.4, -0.2) is 17.4 Å². The molecule has 0 aromatic rings. The quantitative estimate of drug-likeness (QED) is 0.361. The highest BCUT2D eigenvalue weighted by atomic mass is 79.9. The minimum atomic E-state index is -0.119. The Kier molecular flexibility index (Phi) is 10.4. The zero-order valence-corrected chi connectivity index (χ0v) is 11.5. The maximum atomic E-state index is 11.2. The molecular formula is C12H23BrO2. The third kappa shape index (κ3) is 8.91. The molecule has 90 valence electrons. The molecule has 0 aromatic heterocycles. The van der Waals surface area contributed by atoms with Gasteiger partial charge in [0.1, 0.15) is 4.83 Å². The molecule has 0 fully saturated rings. The predicted octanol–water partition coefficient (Wildman–Crippen LogP) is 4.06. The predicted molar refractivity (Wildman–Crippen MR) is 67.3 cm³/mol. The third-order valence-electron chi connectivity index (χ3n) is 2.35. The number of unbranched alkanes of at least 4 members (excludes halogenated alkanes) is 5. The molecule has 15 heavy (non-hydrogen) atoms. The van der Waals surface area contributed by atoms with Gasteiger partial charge in [-0.1, -0.05) is 61.4 Å². The molecule has 0 unspecified atom stereocenters. The van der Waals surface area contributed by atoms with E-state index in [9.17, 15) is 4.79 Å². The Labute approximate surface area is 102 Å². The van der Waals surface area contributed by atoms with E-state index in [2.05, 4.69) is 22.9 Å². The first kappa shape index (κ1) is 14.9. The zero-order chi connectivity index (χ0) is 11.5. The average molecular weight is 279 g/mol. The van der Waals surface area contributed by atoms with Crippen molar-refractivity contribution < 1.29 is 9.53 Å². The highest BCUT2D eigenvalue weighted by Crippen LogP contribution is 2.14. The minimum Gasteiger partial charge on any atom is -0.465 e. The Hall–Kier alpha value is -0.0500. The summed E-state index contributed by atoms with van der Waals surface area (Å²) in [5.74, 6) is -0.119. The fraction of sp³-hybridized carbons (Fsp3) is 0.917. The summed E-state index contributed by atoms with van der Waals surface area (Å²) in [4.78, 5) is 11.1. The molecule has 3 heteroatoms. The molecule has 2 nitrogen and oxygen atoms in total. The van der Waals surface area contributed by atoms with Crippen LogP contribution in [0.1, 0.15) is 58.8 Å². The van der Waals surface area contributed by atoms with Crippen molar-refractivity contribution in [2.45, 2.75) is 63.6 Å². The standard InChI is InChI=1S/C12H23BrO2/c1-3-5-6-7-8-9-10-11(13)12(14)15-4-2/h11H,3-10H2,1-2H3/t11-/m0/s1. The fourth-order valence-corrected chi connectivity index (χ4v) is 1.91. The number of ether oxygens (including phenoxy) is 1. The molecule has 0 rings (SSSR count). The van der Waals surface area contributed by atoms with Crippen molar-refractivity contribution >= 4 is 21.9 Å². The number of alkyl halides is 1. The normalized spacial score (nSPS) is 12.5. The monoisotopic (exact) mass is 278 g/mol. The van der Waals surface area contributed by atoms with Crippen molar-refractivity contribution in [3.8, 4) is 0 Å². The van der Waals surface area contributed by atoms with E-state index in [1.165, 1.54) is 32.1 Å². The van der Waals surface area contributed by atoms with Gasteiger partial charge in [-0.2, -0.15) is 0 Å². The van der Waals surface area contributed by atoms with Gasteiger partial charge in [-0.3, -0.25) is 4.79 Å². The molecule has 0 aliphatic rings. The number of esters is 1. The second-order valence-electron chi connectivity index (χ2n) is 3.78. The number of carbonyl (C=O) groups is 1. The summed E-state index contributed by atoms with van der Waals surface area (Å²) >= 11 is 3.35. The molecule has 0 aliphatic carbocycles. The van der Waals surface area contributed by atoms with Crippen molar-refractivity contribution in [1.82, 2.24) is 0 Å². The highest BCUT2D eigenvalue weighted by Gasteiger charge is 2.14. The largest absolute Gasteiger partial charge is 0.465 e. The first-order chi connectivity index (χ1) is 7.22. The van der Waals surface area contributed by atoms with E-state index in [1.807, 2.05) is 6.92 Å². The van der Waals surface area contributed by atoms with Crippen LogP contribution in [0.3, 0.4) is 0 Å². The number of halogens is 1. The van der Waals surface area contributed by atoms with Gasteiger partial charge < -0.3 is 4.74 Å². The summed E-state index contributed by atoms with van der Waals surface area (Å²) in [5.41, 5.74) is 0. The Bertz CT molecular complexity index is 160.